The number of anilines is 2. The van der Waals surface area contributed by atoms with Gasteiger partial charge in [-0.05, 0) is 42.5 Å². The van der Waals surface area contributed by atoms with E-state index >= 15 is 0 Å². The second-order valence-corrected chi connectivity index (χ2v) is 8.96. The van der Waals surface area contributed by atoms with Gasteiger partial charge in [0.15, 0.2) is 5.11 Å². The Kier molecular flexibility index (Phi) is 5.93. The average Bonchev–Trinajstić information content (AvgIpc) is 2.69. The molecule has 0 amide bonds. The van der Waals surface area contributed by atoms with Crippen LogP contribution < -0.4 is 10.2 Å². The number of thiocarbonyl (C=S) groups is 1. The summed E-state index contributed by atoms with van der Waals surface area (Å²) in [4.78, 5) is 8.68. The lowest BCUT2D eigenvalue weighted by Crippen LogP contribution is -2.50. The lowest BCUT2D eigenvalue weighted by atomic mass is 10.2. The van der Waals surface area contributed by atoms with Crippen molar-refractivity contribution in [3.8, 4) is 0 Å². The van der Waals surface area contributed by atoms with E-state index in [4.69, 9.17) is 12.2 Å². The van der Waals surface area contributed by atoms with E-state index in [0.29, 0.717) is 10.8 Å². The molecule has 0 saturated carbocycles. The number of piperazine rings is 1. The first-order valence-electron chi connectivity index (χ1n) is 8.61. The Balaban J connectivity index is 1.62. The molecule has 0 spiro atoms. The van der Waals surface area contributed by atoms with Crippen molar-refractivity contribution in [3.63, 3.8) is 0 Å². The van der Waals surface area contributed by atoms with Crippen LogP contribution in [-0.4, -0.2) is 68.0 Å². The van der Waals surface area contributed by atoms with E-state index in [2.05, 4.69) is 20.1 Å². The van der Waals surface area contributed by atoms with Crippen LogP contribution in [0.2, 0.25) is 0 Å². The Morgan fingerprint density at radius 3 is 2.41 bits per heavy atom. The van der Waals surface area contributed by atoms with Crippen LogP contribution in [0.5, 0.6) is 0 Å². The van der Waals surface area contributed by atoms with Crippen molar-refractivity contribution in [1.82, 2.24) is 14.2 Å². The fourth-order valence-electron chi connectivity index (χ4n) is 2.87. The molecule has 1 saturated heterocycles. The number of hydrogen-bond acceptors (Lipinski definition) is 5. The minimum atomic E-state index is -3.47. The predicted octanol–water partition coefficient (Wildman–Crippen LogP) is 1.85. The van der Waals surface area contributed by atoms with E-state index < -0.39 is 10.0 Å². The van der Waals surface area contributed by atoms with Crippen molar-refractivity contribution in [2.45, 2.75) is 4.90 Å². The van der Waals surface area contributed by atoms with Gasteiger partial charge in [-0.1, -0.05) is 6.07 Å². The quantitative estimate of drug-likeness (QED) is 0.779. The van der Waals surface area contributed by atoms with Crippen LogP contribution in [0.4, 0.5) is 11.4 Å². The highest BCUT2D eigenvalue weighted by Crippen LogP contribution is 2.19. The molecule has 1 aromatic carbocycles. The minimum Gasteiger partial charge on any atom is -0.368 e. The fourth-order valence-corrected chi connectivity index (χ4v) is 4.12. The molecule has 0 aliphatic carbocycles. The summed E-state index contributed by atoms with van der Waals surface area (Å²) >= 11 is 5.53. The summed E-state index contributed by atoms with van der Waals surface area (Å²) in [6.45, 7) is 3.31. The third kappa shape index (κ3) is 4.55. The lowest BCUT2D eigenvalue weighted by molar-refractivity contribution is 0.391. The molecule has 7 nitrogen and oxygen atoms in total. The lowest BCUT2D eigenvalue weighted by Gasteiger charge is -2.37. The molecule has 1 N–H and O–H groups in total. The Morgan fingerprint density at radius 2 is 1.78 bits per heavy atom. The molecule has 2 heterocycles. The molecule has 1 aromatic heterocycles. The van der Waals surface area contributed by atoms with Gasteiger partial charge in [0, 0.05) is 64.0 Å². The Bertz CT molecular complexity index is 895. The molecule has 0 unspecified atom stereocenters. The number of nitrogens with one attached hydrogen (secondary N) is 1. The first-order valence-corrected chi connectivity index (χ1v) is 10.5. The molecule has 3 rings (SSSR count). The van der Waals surface area contributed by atoms with Gasteiger partial charge >= 0.3 is 0 Å². The van der Waals surface area contributed by atoms with Gasteiger partial charge in [-0.2, -0.15) is 0 Å². The van der Waals surface area contributed by atoms with Crippen molar-refractivity contribution in [2.75, 3.05) is 50.5 Å². The number of pyridine rings is 1. The number of nitrogens with zero attached hydrogens (tertiary/aromatic N) is 4. The summed E-state index contributed by atoms with van der Waals surface area (Å²) in [5, 5.41) is 3.76. The molecule has 1 fully saturated rings. The Hall–Kier alpha value is -2.23. The number of aromatic nitrogens is 1. The second-order valence-electron chi connectivity index (χ2n) is 6.42. The second kappa shape index (κ2) is 8.20. The van der Waals surface area contributed by atoms with E-state index in [1.807, 2.05) is 18.2 Å². The summed E-state index contributed by atoms with van der Waals surface area (Å²) in [7, 11) is -0.441. The van der Waals surface area contributed by atoms with Crippen molar-refractivity contribution >= 4 is 38.7 Å². The number of hydrogen-bond donors (Lipinski definition) is 1. The van der Waals surface area contributed by atoms with Crippen LogP contribution in [0, 0.1) is 0 Å². The van der Waals surface area contributed by atoms with Gasteiger partial charge in [0.2, 0.25) is 10.0 Å². The maximum absolute atomic E-state index is 12.3. The molecule has 0 atom stereocenters. The highest BCUT2D eigenvalue weighted by Gasteiger charge is 2.20. The van der Waals surface area contributed by atoms with E-state index in [1.165, 1.54) is 18.4 Å². The molecule has 0 radical (unpaired) electrons. The van der Waals surface area contributed by atoms with Crippen LogP contribution in [0.1, 0.15) is 0 Å². The summed E-state index contributed by atoms with van der Waals surface area (Å²) in [6, 6.07) is 10.7. The normalized spacial score (nSPS) is 15.1. The maximum Gasteiger partial charge on any atom is 0.242 e. The van der Waals surface area contributed by atoms with Gasteiger partial charge in [-0.25, -0.2) is 12.7 Å². The average molecular weight is 406 g/mol. The first-order chi connectivity index (χ1) is 12.9. The number of sulfonamides is 1. The van der Waals surface area contributed by atoms with E-state index in [1.54, 1.807) is 30.6 Å². The fraction of sp³-hybridized carbons (Fsp3) is 0.333. The summed E-state index contributed by atoms with van der Waals surface area (Å²) in [5.41, 5.74) is 1.82. The molecular weight excluding hydrogens is 382 g/mol. The van der Waals surface area contributed by atoms with E-state index in [9.17, 15) is 8.42 Å². The molecule has 1 aliphatic heterocycles. The Morgan fingerprint density at radius 1 is 1.11 bits per heavy atom. The molecule has 2 aromatic rings. The van der Waals surface area contributed by atoms with Crippen LogP contribution in [0.3, 0.4) is 0 Å². The van der Waals surface area contributed by atoms with Gasteiger partial charge in [0.1, 0.15) is 0 Å². The first kappa shape index (κ1) is 19.5. The maximum atomic E-state index is 12.3. The molecule has 9 heteroatoms. The number of rotatable bonds is 4. The highest BCUT2D eigenvalue weighted by atomic mass is 32.2. The summed E-state index contributed by atoms with van der Waals surface area (Å²) in [6.07, 6.45) is 3.59. The van der Waals surface area contributed by atoms with Gasteiger partial charge in [0.25, 0.3) is 0 Å². The third-order valence-electron chi connectivity index (χ3n) is 4.46. The standard InChI is InChI=1S/C18H23N5O2S2/c1-21(2)27(24,25)17-5-3-4-15(14-17)20-18(26)23-12-10-22(11-13-23)16-6-8-19-9-7-16/h3-9,14H,10-13H2,1-2H3,(H,20,26). The number of benzene rings is 1. The smallest absolute Gasteiger partial charge is 0.242 e. The SMILES string of the molecule is CN(C)S(=O)(=O)c1cccc(NC(=S)N2CCN(c3ccncc3)CC2)c1. The molecule has 27 heavy (non-hydrogen) atoms. The van der Waals surface area contributed by atoms with Crippen molar-refractivity contribution in [3.05, 3.63) is 48.8 Å². The van der Waals surface area contributed by atoms with Crippen molar-refractivity contribution in [2.24, 2.45) is 0 Å². The zero-order valence-corrected chi connectivity index (χ0v) is 17.0. The van der Waals surface area contributed by atoms with Crippen LogP contribution in [-0.2, 0) is 10.0 Å². The van der Waals surface area contributed by atoms with Crippen molar-refractivity contribution < 1.29 is 8.42 Å². The van der Waals surface area contributed by atoms with E-state index in [0.717, 1.165) is 31.9 Å². The molecular formula is C18H23N5O2S2. The van der Waals surface area contributed by atoms with Gasteiger partial charge < -0.3 is 15.1 Å². The highest BCUT2D eigenvalue weighted by molar-refractivity contribution is 7.89. The van der Waals surface area contributed by atoms with Crippen LogP contribution in [0.15, 0.2) is 53.7 Å². The van der Waals surface area contributed by atoms with Gasteiger partial charge in [0.05, 0.1) is 4.90 Å². The third-order valence-corrected chi connectivity index (χ3v) is 6.63. The zero-order valence-electron chi connectivity index (χ0n) is 15.4. The summed E-state index contributed by atoms with van der Waals surface area (Å²) < 4.78 is 25.8. The van der Waals surface area contributed by atoms with Gasteiger partial charge in [-0.3, -0.25) is 4.98 Å². The van der Waals surface area contributed by atoms with E-state index in [-0.39, 0.29) is 4.90 Å². The van der Waals surface area contributed by atoms with Crippen molar-refractivity contribution in [1.29, 1.82) is 0 Å². The van der Waals surface area contributed by atoms with Gasteiger partial charge in [-0.15, -0.1) is 0 Å². The topological polar surface area (TPSA) is 68.8 Å². The monoisotopic (exact) mass is 405 g/mol. The molecule has 144 valence electrons. The molecule has 0 bridgehead atoms. The van der Waals surface area contributed by atoms with Crippen LogP contribution in [0.25, 0.3) is 0 Å². The van der Waals surface area contributed by atoms with Crippen LogP contribution >= 0.6 is 12.2 Å². The summed E-state index contributed by atoms with van der Waals surface area (Å²) in [5.74, 6) is 0. The molecule has 1 aliphatic rings. The zero-order chi connectivity index (χ0) is 19.4. The predicted molar refractivity (Wildman–Crippen MR) is 112 cm³/mol. The largest absolute Gasteiger partial charge is 0.368 e. The Labute approximate surface area is 165 Å². The minimum absolute atomic E-state index is 0.239.